The predicted molar refractivity (Wildman–Crippen MR) is 58.5 cm³/mol. The number of carbonyl (C=O) groups is 1. The molecule has 0 bridgehead atoms. The van der Waals surface area contributed by atoms with Crippen LogP contribution in [0.1, 0.15) is 27.7 Å². The summed E-state index contributed by atoms with van der Waals surface area (Å²) < 4.78 is 0. The third-order valence-electron chi connectivity index (χ3n) is 1.82. The minimum absolute atomic E-state index is 0.144. The molecular weight excluding hydrogens is 196 g/mol. The Morgan fingerprint density at radius 1 is 1.27 bits per heavy atom. The second-order valence-electron chi connectivity index (χ2n) is 4.69. The summed E-state index contributed by atoms with van der Waals surface area (Å²) in [6.07, 6.45) is 0. The van der Waals surface area contributed by atoms with Crippen molar-refractivity contribution in [3.8, 4) is 0 Å². The molecular formula is C10H22N2O3. The molecule has 0 saturated carbocycles. The van der Waals surface area contributed by atoms with Crippen molar-refractivity contribution in [2.45, 2.75) is 45.3 Å². The third-order valence-corrected chi connectivity index (χ3v) is 1.82. The van der Waals surface area contributed by atoms with E-state index in [0.29, 0.717) is 0 Å². The Bertz CT molecular complexity index is 197. The van der Waals surface area contributed by atoms with Crippen molar-refractivity contribution in [3.05, 3.63) is 0 Å². The van der Waals surface area contributed by atoms with Crippen LogP contribution in [-0.2, 0) is 4.79 Å². The minimum Gasteiger partial charge on any atom is -0.395 e. The second kappa shape index (κ2) is 6.05. The van der Waals surface area contributed by atoms with Crippen molar-refractivity contribution in [3.63, 3.8) is 0 Å². The highest BCUT2D eigenvalue weighted by Crippen LogP contribution is 1.99. The van der Waals surface area contributed by atoms with E-state index in [1.807, 2.05) is 20.8 Å². The van der Waals surface area contributed by atoms with Crippen LogP contribution < -0.4 is 10.6 Å². The smallest absolute Gasteiger partial charge is 0.237 e. The van der Waals surface area contributed by atoms with Crippen LogP contribution in [-0.4, -0.2) is 47.0 Å². The van der Waals surface area contributed by atoms with Gasteiger partial charge in [0.25, 0.3) is 0 Å². The van der Waals surface area contributed by atoms with Gasteiger partial charge >= 0.3 is 0 Å². The molecule has 5 nitrogen and oxygen atoms in total. The summed E-state index contributed by atoms with van der Waals surface area (Å²) >= 11 is 0. The van der Waals surface area contributed by atoms with Crippen LogP contribution in [0.5, 0.6) is 0 Å². The summed E-state index contributed by atoms with van der Waals surface area (Å²) in [4.78, 5) is 11.6. The highest BCUT2D eigenvalue weighted by molar-refractivity contribution is 5.81. The van der Waals surface area contributed by atoms with Crippen molar-refractivity contribution in [1.82, 2.24) is 10.6 Å². The Kier molecular flexibility index (Phi) is 5.79. The van der Waals surface area contributed by atoms with Gasteiger partial charge < -0.3 is 15.5 Å². The van der Waals surface area contributed by atoms with E-state index in [1.54, 1.807) is 6.92 Å². The second-order valence-corrected chi connectivity index (χ2v) is 4.69. The van der Waals surface area contributed by atoms with Gasteiger partial charge in [-0.25, -0.2) is 0 Å². The molecule has 0 rings (SSSR count). The molecule has 1 amide bonds. The average Bonchev–Trinajstić information content (AvgIpc) is 2.10. The number of carbonyl (C=O) groups excluding carboxylic acids is 1. The minimum atomic E-state index is -0.453. The van der Waals surface area contributed by atoms with Gasteiger partial charge in [0.2, 0.25) is 5.91 Å². The Morgan fingerprint density at radius 2 is 1.73 bits per heavy atom. The molecule has 0 aliphatic heterocycles. The fraction of sp³-hybridized carbons (Fsp3) is 0.900. The van der Waals surface area contributed by atoms with E-state index in [9.17, 15) is 4.79 Å². The first-order valence-electron chi connectivity index (χ1n) is 5.10. The van der Waals surface area contributed by atoms with Crippen LogP contribution in [0.25, 0.3) is 0 Å². The highest BCUT2D eigenvalue weighted by atomic mass is 16.3. The standard InChI is InChI=1S/C10H22N2O3/c1-7(11-8(5-13)6-14)9(15)12-10(2,3)4/h7-8,11,13-14H,5-6H2,1-4H3,(H,12,15). The maximum absolute atomic E-state index is 11.6. The van der Waals surface area contributed by atoms with Crippen molar-refractivity contribution < 1.29 is 15.0 Å². The summed E-state index contributed by atoms with van der Waals surface area (Å²) in [6.45, 7) is 7.00. The van der Waals surface area contributed by atoms with Gasteiger partial charge in [-0.1, -0.05) is 0 Å². The molecule has 0 spiro atoms. The molecule has 5 heteroatoms. The Balaban J connectivity index is 4.09. The number of rotatable bonds is 5. The lowest BCUT2D eigenvalue weighted by atomic mass is 10.1. The first kappa shape index (κ1) is 14.3. The summed E-state index contributed by atoms with van der Waals surface area (Å²) in [5, 5.41) is 23.3. The first-order valence-corrected chi connectivity index (χ1v) is 5.10. The molecule has 0 fully saturated rings. The maximum atomic E-state index is 11.6. The van der Waals surface area contributed by atoms with E-state index in [2.05, 4.69) is 10.6 Å². The zero-order chi connectivity index (χ0) is 12.1. The lowest BCUT2D eigenvalue weighted by molar-refractivity contribution is -0.124. The van der Waals surface area contributed by atoms with E-state index in [0.717, 1.165) is 0 Å². The number of amides is 1. The maximum Gasteiger partial charge on any atom is 0.237 e. The molecule has 0 aromatic carbocycles. The highest BCUT2D eigenvalue weighted by Gasteiger charge is 2.20. The fourth-order valence-corrected chi connectivity index (χ4v) is 1.07. The molecule has 4 N–H and O–H groups in total. The topological polar surface area (TPSA) is 81.6 Å². The normalized spacial score (nSPS) is 14.1. The van der Waals surface area contributed by atoms with Crippen molar-refractivity contribution in [1.29, 1.82) is 0 Å². The van der Waals surface area contributed by atoms with Crippen LogP contribution in [0.2, 0.25) is 0 Å². The fourth-order valence-electron chi connectivity index (χ4n) is 1.07. The average molecular weight is 218 g/mol. The predicted octanol–water partition coefficient (Wildman–Crippen LogP) is -0.768. The molecule has 1 unspecified atom stereocenters. The van der Waals surface area contributed by atoms with Crippen LogP contribution in [0.3, 0.4) is 0 Å². The summed E-state index contributed by atoms with van der Waals surface area (Å²) in [7, 11) is 0. The molecule has 0 aromatic heterocycles. The molecule has 0 aliphatic rings. The quantitative estimate of drug-likeness (QED) is 0.488. The van der Waals surface area contributed by atoms with Gasteiger partial charge in [-0.3, -0.25) is 10.1 Å². The summed E-state index contributed by atoms with van der Waals surface area (Å²) in [5.41, 5.74) is -0.277. The Labute approximate surface area is 90.9 Å². The van der Waals surface area contributed by atoms with E-state index >= 15 is 0 Å². The van der Waals surface area contributed by atoms with Crippen LogP contribution in [0, 0.1) is 0 Å². The molecule has 0 heterocycles. The number of aliphatic hydroxyl groups excluding tert-OH is 2. The lowest BCUT2D eigenvalue weighted by Crippen LogP contribution is -2.53. The number of nitrogens with one attached hydrogen (secondary N) is 2. The molecule has 0 aliphatic carbocycles. The Hall–Kier alpha value is -0.650. The molecule has 0 saturated heterocycles. The molecule has 1 atom stereocenters. The van der Waals surface area contributed by atoms with Crippen molar-refractivity contribution in [2.24, 2.45) is 0 Å². The zero-order valence-corrected chi connectivity index (χ0v) is 9.87. The third kappa shape index (κ3) is 6.43. The summed E-state index contributed by atoms with van der Waals surface area (Å²) in [6, 6.07) is -0.890. The van der Waals surface area contributed by atoms with Gasteiger partial charge in [0, 0.05) is 5.54 Å². The van der Waals surface area contributed by atoms with Crippen molar-refractivity contribution in [2.75, 3.05) is 13.2 Å². The van der Waals surface area contributed by atoms with E-state index in [1.165, 1.54) is 0 Å². The number of aliphatic hydroxyl groups is 2. The monoisotopic (exact) mass is 218 g/mol. The Morgan fingerprint density at radius 3 is 2.07 bits per heavy atom. The van der Waals surface area contributed by atoms with E-state index in [-0.39, 0.29) is 24.7 Å². The van der Waals surface area contributed by atoms with Gasteiger partial charge in [0.05, 0.1) is 25.3 Å². The molecule has 15 heavy (non-hydrogen) atoms. The number of hydrogen-bond acceptors (Lipinski definition) is 4. The number of hydrogen-bond donors (Lipinski definition) is 4. The van der Waals surface area contributed by atoms with Crippen molar-refractivity contribution >= 4 is 5.91 Å². The lowest BCUT2D eigenvalue weighted by Gasteiger charge is -2.25. The van der Waals surface area contributed by atoms with Gasteiger partial charge in [-0.2, -0.15) is 0 Å². The van der Waals surface area contributed by atoms with Gasteiger partial charge in [-0.05, 0) is 27.7 Å². The largest absolute Gasteiger partial charge is 0.395 e. The van der Waals surface area contributed by atoms with Gasteiger partial charge in [0.15, 0.2) is 0 Å². The van der Waals surface area contributed by atoms with Crippen LogP contribution >= 0.6 is 0 Å². The SMILES string of the molecule is CC(NC(CO)CO)C(=O)NC(C)(C)C. The first-order chi connectivity index (χ1) is 6.80. The molecule has 0 radical (unpaired) electrons. The van der Waals surface area contributed by atoms with Gasteiger partial charge in [0.1, 0.15) is 0 Å². The van der Waals surface area contributed by atoms with Gasteiger partial charge in [-0.15, -0.1) is 0 Å². The van der Waals surface area contributed by atoms with Crippen LogP contribution in [0.4, 0.5) is 0 Å². The van der Waals surface area contributed by atoms with E-state index in [4.69, 9.17) is 10.2 Å². The summed E-state index contributed by atoms with van der Waals surface area (Å²) in [5.74, 6) is -0.144. The van der Waals surface area contributed by atoms with E-state index < -0.39 is 12.1 Å². The molecule has 90 valence electrons. The van der Waals surface area contributed by atoms with Crippen LogP contribution in [0.15, 0.2) is 0 Å². The zero-order valence-electron chi connectivity index (χ0n) is 9.87. The molecule has 0 aromatic rings.